The van der Waals surface area contributed by atoms with Crippen molar-refractivity contribution in [1.29, 1.82) is 5.26 Å². The van der Waals surface area contributed by atoms with E-state index in [0.29, 0.717) is 31.5 Å². The molecule has 3 rings (SSSR count). The molecule has 2 aromatic rings. The fourth-order valence-corrected chi connectivity index (χ4v) is 3.36. The molecule has 1 fully saturated rings. The van der Waals surface area contributed by atoms with Gasteiger partial charge in [0.05, 0.1) is 19.3 Å². The van der Waals surface area contributed by atoms with E-state index in [1.54, 1.807) is 0 Å². The van der Waals surface area contributed by atoms with Gasteiger partial charge in [0.1, 0.15) is 6.07 Å². The van der Waals surface area contributed by atoms with Crippen LogP contribution in [0.5, 0.6) is 0 Å². The van der Waals surface area contributed by atoms with Crippen LogP contribution in [0.2, 0.25) is 5.02 Å². The van der Waals surface area contributed by atoms with Gasteiger partial charge in [-0.2, -0.15) is 10.2 Å². The first-order valence-electron chi connectivity index (χ1n) is 9.11. The number of nitrogens with zero attached hydrogens (tertiary/aromatic N) is 3. The topological polar surface area (TPSA) is 74.3 Å². The lowest BCUT2D eigenvalue weighted by Gasteiger charge is -2.35. The second-order valence-corrected chi connectivity index (χ2v) is 8.03. The molecule has 0 bridgehead atoms. The predicted octanol–water partition coefficient (Wildman–Crippen LogP) is 3.98. The zero-order valence-corrected chi connectivity index (χ0v) is 16.7. The molecule has 27 heavy (non-hydrogen) atoms. The van der Waals surface area contributed by atoms with Gasteiger partial charge in [0.2, 0.25) is 17.5 Å². The fraction of sp³-hybridized carbons (Fsp3) is 0.500. The molecular formula is C20H25ClN4O2. The van der Waals surface area contributed by atoms with Crippen LogP contribution in [0.4, 0.5) is 5.88 Å². The molecule has 7 heteroatoms. The number of ether oxygens (including phenoxy) is 1. The quantitative estimate of drug-likeness (QED) is 0.834. The zero-order valence-electron chi connectivity index (χ0n) is 16.0. The number of nitrogens with one attached hydrogen (secondary N) is 1. The number of benzene rings is 1. The Labute approximate surface area is 165 Å². The van der Waals surface area contributed by atoms with Crippen LogP contribution >= 0.6 is 11.6 Å². The predicted molar refractivity (Wildman–Crippen MR) is 105 cm³/mol. The van der Waals surface area contributed by atoms with E-state index >= 15 is 0 Å². The lowest BCUT2D eigenvalue weighted by atomic mass is 9.97. The molecule has 1 aromatic carbocycles. The molecule has 1 aromatic heterocycles. The summed E-state index contributed by atoms with van der Waals surface area (Å²) in [4.78, 5) is 6.67. The highest BCUT2D eigenvalue weighted by atomic mass is 35.5. The van der Waals surface area contributed by atoms with Crippen molar-refractivity contribution in [2.45, 2.75) is 32.2 Å². The van der Waals surface area contributed by atoms with E-state index in [9.17, 15) is 5.26 Å². The molecule has 0 radical (unpaired) electrons. The van der Waals surface area contributed by atoms with Crippen molar-refractivity contribution in [1.82, 2.24) is 9.88 Å². The van der Waals surface area contributed by atoms with Crippen molar-refractivity contribution in [3.05, 3.63) is 46.4 Å². The first-order chi connectivity index (χ1) is 12.9. The van der Waals surface area contributed by atoms with E-state index in [1.807, 2.05) is 45.0 Å². The molecule has 1 saturated heterocycles. The minimum absolute atomic E-state index is 0.0392. The molecule has 1 unspecified atom stereocenters. The van der Waals surface area contributed by atoms with Crippen molar-refractivity contribution in [3.8, 4) is 6.07 Å². The fourth-order valence-electron chi connectivity index (χ4n) is 3.10. The summed E-state index contributed by atoms with van der Waals surface area (Å²) < 4.78 is 11.3. The lowest BCUT2D eigenvalue weighted by molar-refractivity contribution is 0.0186. The van der Waals surface area contributed by atoms with Crippen molar-refractivity contribution in [3.63, 3.8) is 0 Å². The number of morpholine rings is 1. The lowest BCUT2D eigenvalue weighted by Crippen LogP contribution is -2.41. The maximum absolute atomic E-state index is 9.41. The van der Waals surface area contributed by atoms with E-state index in [-0.39, 0.29) is 17.2 Å². The Hall–Kier alpha value is -2.07. The molecule has 0 spiro atoms. The van der Waals surface area contributed by atoms with Crippen molar-refractivity contribution in [2.75, 3.05) is 38.2 Å². The molecule has 2 heterocycles. The van der Waals surface area contributed by atoms with Gasteiger partial charge in [0.25, 0.3) is 0 Å². The van der Waals surface area contributed by atoms with Crippen LogP contribution in [-0.2, 0) is 10.2 Å². The Morgan fingerprint density at radius 3 is 2.63 bits per heavy atom. The Balaban J connectivity index is 1.84. The van der Waals surface area contributed by atoms with E-state index in [4.69, 9.17) is 20.8 Å². The van der Waals surface area contributed by atoms with Crippen LogP contribution in [0.1, 0.15) is 44.0 Å². The summed E-state index contributed by atoms with van der Waals surface area (Å²) in [5, 5.41) is 13.4. The number of halogens is 1. The first kappa shape index (κ1) is 19.7. The molecule has 1 aliphatic rings. The van der Waals surface area contributed by atoms with Crippen LogP contribution in [0.25, 0.3) is 0 Å². The van der Waals surface area contributed by atoms with Gasteiger partial charge in [-0.05, 0) is 11.6 Å². The SMILES string of the molecule is CC(C)(C)c1nc(C#N)c(NCC(c2ccccc2Cl)N2CCOCC2)o1. The number of anilines is 1. The summed E-state index contributed by atoms with van der Waals surface area (Å²) in [6, 6.07) is 10.0. The highest BCUT2D eigenvalue weighted by molar-refractivity contribution is 6.31. The Kier molecular flexibility index (Phi) is 6.05. The first-order valence-corrected chi connectivity index (χ1v) is 9.49. The zero-order chi connectivity index (χ0) is 19.4. The summed E-state index contributed by atoms with van der Waals surface area (Å²) >= 11 is 6.47. The van der Waals surface area contributed by atoms with E-state index in [1.165, 1.54) is 0 Å². The van der Waals surface area contributed by atoms with Crippen LogP contribution in [0.15, 0.2) is 28.7 Å². The number of nitriles is 1. The van der Waals surface area contributed by atoms with Crippen LogP contribution in [0, 0.1) is 11.3 Å². The van der Waals surface area contributed by atoms with Gasteiger partial charge < -0.3 is 14.5 Å². The van der Waals surface area contributed by atoms with Crippen molar-refractivity contribution in [2.24, 2.45) is 0 Å². The molecule has 0 aliphatic carbocycles. The number of rotatable bonds is 5. The summed E-state index contributed by atoms with van der Waals surface area (Å²) in [6.07, 6.45) is 0. The molecule has 144 valence electrons. The van der Waals surface area contributed by atoms with Crippen LogP contribution in [-0.4, -0.2) is 42.7 Å². The van der Waals surface area contributed by atoms with Gasteiger partial charge in [0, 0.05) is 30.1 Å². The summed E-state index contributed by atoms with van der Waals surface area (Å²) in [5.74, 6) is 0.954. The molecular weight excluding hydrogens is 364 g/mol. The van der Waals surface area contributed by atoms with Gasteiger partial charge >= 0.3 is 0 Å². The number of aromatic nitrogens is 1. The van der Waals surface area contributed by atoms with Gasteiger partial charge in [-0.1, -0.05) is 50.6 Å². The van der Waals surface area contributed by atoms with Crippen LogP contribution in [0.3, 0.4) is 0 Å². The summed E-state index contributed by atoms with van der Waals surface area (Å²) in [5.41, 5.74) is 1.06. The average Bonchev–Trinajstić information content (AvgIpc) is 3.08. The number of hydrogen-bond donors (Lipinski definition) is 1. The third-order valence-electron chi connectivity index (χ3n) is 4.58. The smallest absolute Gasteiger partial charge is 0.232 e. The maximum Gasteiger partial charge on any atom is 0.232 e. The maximum atomic E-state index is 9.41. The standard InChI is InChI=1S/C20H25ClN4O2/c1-20(2,3)19-24-16(12-22)18(27-19)23-13-17(25-8-10-26-11-9-25)14-6-4-5-7-15(14)21/h4-7,17,23H,8-11,13H2,1-3H3. The number of hydrogen-bond acceptors (Lipinski definition) is 6. The van der Waals surface area contributed by atoms with Gasteiger partial charge in [-0.25, -0.2) is 0 Å². The third-order valence-corrected chi connectivity index (χ3v) is 4.93. The molecule has 0 amide bonds. The monoisotopic (exact) mass is 388 g/mol. The minimum atomic E-state index is -0.266. The molecule has 1 N–H and O–H groups in total. The second kappa shape index (κ2) is 8.30. The highest BCUT2D eigenvalue weighted by Gasteiger charge is 2.27. The molecule has 6 nitrogen and oxygen atoms in total. The van der Waals surface area contributed by atoms with E-state index in [2.05, 4.69) is 21.3 Å². The van der Waals surface area contributed by atoms with E-state index in [0.717, 1.165) is 23.7 Å². The average molecular weight is 389 g/mol. The Morgan fingerprint density at radius 2 is 2.00 bits per heavy atom. The summed E-state index contributed by atoms with van der Waals surface area (Å²) in [7, 11) is 0. The van der Waals surface area contributed by atoms with Crippen LogP contribution < -0.4 is 5.32 Å². The van der Waals surface area contributed by atoms with Crippen molar-refractivity contribution >= 4 is 17.5 Å². The Morgan fingerprint density at radius 1 is 1.30 bits per heavy atom. The van der Waals surface area contributed by atoms with Gasteiger partial charge in [-0.15, -0.1) is 0 Å². The molecule has 1 aliphatic heterocycles. The third kappa shape index (κ3) is 4.62. The number of oxazole rings is 1. The molecule has 0 saturated carbocycles. The van der Waals surface area contributed by atoms with E-state index < -0.39 is 0 Å². The largest absolute Gasteiger partial charge is 0.423 e. The van der Waals surface area contributed by atoms with Gasteiger partial charge in [-0.3, -0.25) is 4.90 Å². The summed E-state index contributed by atoms with van der Waals surface area (Å²) in [6.45, 7) is 9.61. The van der Waals surface area contributed by atoms with Gasteiger partial charge in [0.15, 0.2) is 0 Å². The highest BCUT2D eigenvalue weighted by Crippen LogP contribution is 2.31. The second-order valence-electron chi connectivity index (χ2n) is 7.63. The Bertz CT molecular complexity index is 816. The molecule has 1 atom stereocenters. The van der Waals surface area contributed by atoms with Crippen molar-refractivity contribution < 1.29 is 9.15 Å². The normalized spacial score (nSPS) is 16.7. The minimum Gasteiger partial charge on any atom is -0.423 e.